The van der Waals surface area contributed by atoms with Gasteiger partial charge in [0.2, 0.25) is 5.91 Å². The molecule has 2 aliphatic rings. The Morgan fingerprint density at radius 1 is 1.11 bits per heavy atom. The van der Waals surface area contributed by atoms with E-state index in [1.54, 1.807) is 5.32 Å². The van der Waals surface area contributed by atoms with Crippen molar-refractivity contribution in [1.82, 2.24) is 10.2 Å². The molecule has 2 aromatic carbocycles. The summed E-state index contributed by atoms with van der Waals surface area (Å²) in [5.41, 5.74) is 2.59. The van der Waals surface area contributed by atoms with Gasteiger partial charge in [0.25, 0.3) is 0 Å². The summed E-state index contributed by atoms with van der Waals surface area (Å²) in [6.45, 7) is 1.13. The molecule has 1 heterocycles. The predicted molar refractivity (Wildman–Crippen MR) is 120 cm³/mol. The standard InChI is InChI=1S/C25H25F3N2O5/c1-24(22(32)33)10-11-30(14-24)21(31)12-20(25(26,27)28)29-23(34)35-13-19-17-8-4-2-6-15(17)16-7-3-5-9-18(16)19/h2-9,19-20H,10-14H2,1H3,(H,29,34)(H,32,33). The maximum absolute atomic E-state index is 13.6. The quantitative estimate of drug-likeness (QED) is 0.634. The van der Waals surface area contributed by atoms with E-state index in [1.165, 1.54) is 6.92 Å². The number of alkyl halides is 3. The molecule has 2 atom stereocenters. The van der Waals surface area contributed by atoms with Crippen molar-refractivity contribution in [3.8, 4) is 11.1 Å². The second-order valence-corrected chi connectivity index (χ2v) is 9.20. The van der Waals surface area contributed by atoms with Crippen LogP contribution in [0.2, 0.25) is 0 Å². The first-order chi connectivity index (χ1) is 16.5. The van der Waals surface area contributed by atoms with Crippen LogP contribution in [-0.2, 0) is 14.3 Å². The predicted octanol–water partition coefficient (Wildman–Crippen LogP) is 4.17. The van der Waals surface area contributed by atoms with Gasteiger partial charge < -0.3 is 20.1 Å². The first kappa shape index (κ1) is 24.6. The fourth-order valence-corrected chi connectivity index (χ4v) is 4.68. The van der Waals surface area contributed by atoms with E-state index in [2.05, 4.69) is 0 Å². The van der Waals surface area contributed by atoms with Crippen molar-refractivity contribution in [3.63, 3.8) is 0 Å². The van der Waals surface area contributed by atoms with Crippen LogP contribution in [0.15, 0.2) is 48.5 Å². The molecule has 186 valence electrons. The fraction of sp³-hybridized carbons (Fsp3) is 0.400. The molecular formula is C25H25F3N2O5. The Bertz CT molecular complexity index is 1110. The average Bonchev–Trinajstić information content (AvgIpc) is 3.36. The first-order valence-corrected chi connectivity index (χ1v) is 11.2. The van der Waals surface area contributed by atoms with Gasteiger partial charge in [0.15, 0.2) is 0 Å². The maximum atomic E-state index is 13.6. The number of benzene rings is 2. The Kier molecular flexibility index (Phi) is 6.48. The summed E-state index contributed by atoms with van der Waals surface area (Å²) in [5.74, 6) is -2.31. The van der Waals surface area contributed by atoms with Gasteiger partial charge in [-0.2, -0.15) is 13.2 Å². The van der Waals surface area contributed by atoms with Gasteiger partial charge in [-0.15, -0.1) is 0 Å². The van der Waals surface area contributed by atoms with Gasteiger partial charge in [0.05, 0.1) is 11.8 Å². The van der Waals surface area contributed by atoms with Crippen molar-refractivity contribution in [2.75, 3.05) is 19.7 Å². The van der Waals surface area contributed by atoms with Crippen molar-refractivity contribution in [1.29, 1.82) is 0 Å². The van der Waals surface area contributed by atoms with Gasteiger partial charge in [0.1, 0.15) is 12.6 Å². The first-order valence-electron chi connectivity index (χ1n) is 11.2. The number of carboxylic acid groups (broad SMARTS) is 1. The summed E-state index contributed by atoms with van der Waals surface area (Å²) >= 11 is 0. The number of alkyl carbamates (subject to hydrolysis) is 1. The molecule has 0 radical (unpaired) electrons. The van der Waals surface area contributed by atoms with Gasteiger partial charge in [-0.25, -0.2) is 4.79 Å². The fourth-order valence-electron chi connectivity index (χ4n) is 4.68. The zero-order valence-electron chi connectivity index (χ0n) is 19.0. The Morgan fingerprint density at radius 2 is 1.69 bits per heavy atom. The van der Waals surface area contributed by atoms with E-state index in [1.807, 2.05) is 48.5 Å². The van der Waals surface area contributed by atoms with Crippen LogP contribution < -0.4 is 5.32 Å². The number of carboxylic acids is 1. The second-order valence-electron chi connectivity index (χ2n) is 9.20. The van der Waals surface area contributed by atoms with E-state index in [9.17, 15) is 32.7 Å². The number of halogens is 3. The number of amides is 2. The summed E-state index contributed by atoms with van der Waals surface area (Å²) in [6, 6.07) is 12.7. The minimum Gasteiger partial charge on any atom is -0.481 e. The maximum Gasteiger partial charge on any atom is 0.409 e. The second kappa shape index (κ2) is 9.24. The number of hydrogen-bond acceptors (Lipinski definition) is 4. The van der Waals surface area contributed by atoms with Crippen LogP contribution in [0.1, 0.15) is 36.8 Å². The van der Waals surface area contributed by atoms with Gasteiger partial charge in [0, 0.05) is 19.0 Å². The number of fused-ring (bicyclic) bond motifs is 3. The van der Waals surface area contributed by atoms with E-state index >= 15 is 0 Å². The number of carbonyl (C=O) groups is 3. The van der Waals surface area contributed by atoms with Crippen LogP contribution in [0.5, 0.6) is 0 Å². The molecule has 1 aliphatic carbocycles. The highest BCUT2D eigenvalue weighted by Crippen LogP contribution is 2.44. The lowest BCUT2D eigenvalue weighted by Gasteiger charge is -2.25. The van der Waals surface area contributed by atoms with E-state index in [0.29, 0.717) is 0 Å². The molecule has 0 aromatic heterocycles. The van der Waals surface area contributed by atoms with E-state index in [-0.39, 0.29) is 32.0 Å². The van der Waals surface area contributed by atoms with Crippen molar-refractivity contribution in [2.24, 2.45) is 5.41 Å². The number of aliphatic carboxylic acids is 1. The smallest absolute Gasteiger partial charge is 0.409 e. The third-order valence-electron chi connectivity index (χ3n) is 6.75. The van der Waals surface area contributed by atoms with Crippen LogP contribution >= 0.6 is 0 Å². The summed E-state index contributed by atoms with van der Waals surface area (Å²) in [6.07, 6.45) is -7.07. The minimum atomic E-state index is -4.89. The molecule has 10 heteroatoms. The molecule has 1 aliphatic heterocycles. The molecule has 2 amide bonds. The minimum absolute atomic E-state index is 0.0388. The monoisotopic (exact) mass is 490 g/mol. The lowest BCUT2D eigenvalue weighted by Crippen LogP contribution is -2.49. The Balaban J connectivity index is 1.39. The molecule has 2 aromatic rings. The highest BCUT2D eigenvalue weighted by Gasteiger charge is 2.46. The molecule has 0 saturated carbocycles. The van der Waals surface area contributed by atoms with E-state index in [4.69, 9.17) is 4.74 Å². The lowest BCUT2D eigenvalue weighted by atomic mass is 9.90. The Morgan fingerprint density at radius 3 is 2.20 bits per heavy atom. The summed E-state index contributed by atoms with van der Waals surface area (Å²) < 4.78 is 46.0. The zero-order valence-corrected chi connectivity index (χ0v) is 19.0. The van der Waals surface area contributed by atoms with Crippen molar-refractivity contribution in [3.05, 3.63) is 59.7 Å². The van der Waals surface area contributed by atoms with Crippen LogP contribution in [-0.4, -0.2) is 59.9 Å². The number of ether oxygens (including phenoxy) is 1. The average molecular weight is 490 g/mol. The SMILES string of the molecule is CC1(C(=O)O)CCN(C(=O)CC(NC(=O)OCC2c3ccccc3-c3ccccc32)C(F)(F)F)C1. The lowest BCUT2D eigenvalue weighted by molar-refractivity contribution is -0.163. The largest absolute Gasteiger partial charge is 0.481 e. The molecule has 1 saturated heterocycles. The van der Waals surface area contributed by atoms with Gasteiger partial charge in [-0.1, -0.05) is 48.5 Å². The molecule has 7 nitrogen and oxygen atoms in total. The van der Waals surface area contributed by atoms with Crippen LogP contribution in [0.25, 0.3) is 11.1 Å². The highest BCUT2D eigenvalue weighted by molar-refractivity contribution is 5.82. The van der Waals surface area contributed by atoms with E-state index < -0.39 is 42.0 Å². The van der Waals surface area contributed by atoms with E-state index in [0.717, 1.165) is 27.2 Å². The van der Waals surface area contributed by atoms with Gasteiger partial charge >= 0.3 is 18.2 Å². The van der Waals surface area contributed by atoms with Crippen LogP contribution in [0.4, 0.5) is 18.0 Å². The molecule has 2 N–H and O–H groups in total. The topological polar surface area (TPSA) is 95.9 Å². The van der Waals surface area contributed by atoms with Gasteiger partial charge in [-0.05, 0) is 35.6 Å². The summed E-state index contributed by atoms with van der Waals surface area (Å²) in [5, 5.41) is 11.1. The normalized spacial score (nSPS) is 20.2. The molecule has 2 unspecified atom stereocenters. The number of nitrogens with one attached hydrogen (secondary N) is 1. The highest BCUT2D eigenvalue weighted by atomic mass is 19.4. The third-order valence-corrected chi connectivity index (χ3v) is 6.75. The molecular weight excluding hydrogens is 465 g/mol. The molecule has 0 bridgehead atoms. The Hall–Kier alpha value is -3.56. The van der Waals surface area contributed by atoms with Crippen molar-refractivity contribution >= 4 is 18.0 Å². The number of likely N-dealkylation sites (tertiary alicyclic amines) is 1. The molecule has 0 spiro atoms. The van der Waals surface area contributed by atoms with Crippen molar-refractivity contribution in [2.45, 2.75) is 37.9 Å². The van der Waals surface area contributed by atoms with Crippen LogP contribution in [0, 0.1) is 5.41 Å². The number of hydrogen-bond donors (Lipinski definition) is 2. The third kappa shape index (κ3) is 4.96. The zero-order chi connectivity index (χ0) is 25.4. The summed E-state index contributed by atoms with van der Waals surface area (Å²) in [7, 11) is 0. The summed E-state index contributed by atoms with van der Waals surface area (Å²) in [4.78, 5) is 37.3. The molecule has 4 rings (SSSR count). The number of carbonyl (C=O) groups excluding carboxylic acids is 2. The molecule has 35 heavy (non-hydrogen) atoms. The Labute approximate surface area is 199 Å². The number of rotatable bonds is 6. The number of nitrogens with zero attached hydrogens (tertiary/aromatic N) is 1. The van der Waals surface area contributed by atoms with Gasteiger partial charge in [-0.3, -0.25) is 9.59 Å². The van der Waals surface area contributed by atoms with Crippen molar-refractivity contribution < 1.29 is 37.4 Å². The van der Waals surface area contributed by atoms with Crippen LogP contribution in [0.3, 0.4) is 0 Å². The molecule has 1 fully saturated rings.